The van der Waals surface area contributed by atoms with Crippen molar-refractivity contribution in [2.75, 3.05) is 0 Å². The lowest BCUT2D eigenvalue weighted by molar-refractivity contribution is 0.544. The van der Waals surface area contributed by atoms with Crippen LogP contribution >= 0.6 is 22.6 Å². The Hall–Kier alpha value is -1.50. The molecule has 0 aliphatic heterocycles. The number of aromatic nitrogens is 1. The number of fused-ring (bicyclic) bond motifs is 1. The molecule has 0 fully saturated rings. The van der Waals surface area contributed by atoms with Gasteiger partial charge in [-0.25, -0.2) is 0 Å². The van der Waals surface area contributed by atoms with E-state index in [0.717, 1.165) is 23.0 Å². The van der Waals surface area contributed by atoms with E-state index in [-0.39, 0.29) is 6.04 Å². The topological polar surface area (TPSA) is 50.9 Å². The minimum Gasteiger partial charge on any atom is -0.271 e. The molecule has 3 N–H and O–H groups in total. The van der Waals surface area contributed by atoms with Crippen LogP contribution in [-0.2, 0) is 6.42 Å². The molecule has 21 heavy (non-hydrogen) atoms. The number of hydrogen-bond donors (Lipinski definition) is 2. The number of pyridine rings is 1. The molecule has 3 aromatic rings. The molecule has 3 nitrogen and oxygen atoms in total. The molecule has 0 saturated heterocycles. The highest BCUT2D eigenvalue weighted by atomic mass is 127. The van der Waals surface area contributed by atoms with Crippen LogP contribution in [0.1, 0.15) is 17.3 Å². The number of nitrogens with zero attached hydrogens (tertiary/aromatic N) is 1. The van der Waals surface area contributed by atoms with Crippen LogP contribution in [0.4, 0.5) is 0 Å². The van der Waals surface area contributed by atoms with Crippen molar-refractivity contribution in [3.63, 3.8) is 0 Å². The maximum Gasteiger partial charge on any atom is 0.0705 e. The minimum absolute atomic E-state index is 0.0618. The number of benzene rings is 2. The van der Waals surface area contributed by atoms with Crippen LogP contribution in [0.3, 0.4) is 0 Å². The molecule has 1 heterocycles. The molecular weight excluding hydrogens is 373 g/mol. The highest BCUT2D eigenvalue weighted by Crippen LogP contribution is 2.23. The third kappa shape index (κ3) is 3.23. The van der Waals surface area contributed by atoms with E-state index in [1.807, 2.05) is 30.3 Å². The lowest BCUT2D eigenvalue weighted by Crippen LogP contribution is -2.30. The second-order valence-corrected chi connectivity index (χ2v) is 6.10. The van der Waals surface area contributed by atoms with Gasteiger partial charge in [-0.3, -0.25) is 16.3 Å². The van der Waals surface area contributed by atoms with Crippen LogP contribution in [0, 0.1) is 3.57 Å². The Bertz CT molecular complexity index is 758. The predicted octanol–water partition coefficient (Wildman–Crippen LogP) is 3.59. The predicted molar refractivity (Wildman–Crippen MR) is 94.7 cm³/mol. The van der Waals surface area contributed by atoms with E-state index in [1.54, 1.807) is 0 Å². The van der Waals surface area contributed by atoms with Crippen LogP contribution in [0.5, 0.6) is 0 Å². The molecule has 1 unspecified atom stereocenters. The number of hydrazine groups is 1. The summed E-state index contributed by atoms with van der Waals surface area (Å²) >= 11 is 2.34. The van der Waals surface area contributed by atoms with Gasteiger partial charge in [-0.1, -0.05) is 42.5 Å². The Balaban J connectivity index is 1.90. The molecule has 106 valence electrons. The molecule has 4 heteroatoms. The van der Waals surface area contributed by atoms with Crippen molar-refractivity contribution in [2.24, 2.45) is 5.84 Å². The molecular formula is C17H16IN3. The molecule has 0 saturated carbocycles. The summed E-state index contributed by atoms with van der Waals surface area (Å²) in [5.74, 6) is 5.75. The number of nitrogens with one attached hydrogen (secondary N) is 1. The lowest BCUT2D eigenvalue weighted by Gasteiger charge is -2.17. The number of nitrogens with two attached hydrogens (primary N) is 1. The van der Waals surface area contributed by atoms with E-state index in [9.17, 15) is 0 Å². The third-order valence-corrected chi connectivity index (χ3v) is 4.53. The molecule has 0 spiro atoms. The van der Waals surface area contributed by atoms with Gasteiger partial charge < -0.3 is 0 Å². The van der Waals surface area contributed by atoms with Crippen molar-refractivity contribution in [2.45, 2.75) is 12.5 Å². The number of rotatable bonds is 4. The van der Waals surface area contributed by atoms with Gasteiger partial charge in [0.25, 0.3) is 0 Å². The molecule has 0 aliphatic rings. The molecule has 2 aromatic carbocycles. The van der Waals surface area contributed by atoms with E-state index in [0.29, 0.717) is 0 Å². The highest BCUT2D eigenvalue weighted by molar-refractivity contribution is 14.1. The van der Waals surface area contributed by atoms with Crippen molar-refractivity contribution >= 4 is 33.5 Å². The first-order valence-corrected chi connectivity index (χ1v) is 7.91. The second-order valence-electron chi connectivity index (χ2n) is 4.94. The van der Waals surface area contributed by atoms with E-state index >= 15 is 0 Å². The van der Waals surface area contributed by atoms with Crippen LogP contribution in [0.25, 0.3) is 10.9 Å². The fourth-order valence-corrected chi connectivity index (χ4v) is 3.21. The van der Waals surface area contributed by atoms with Crippen LogP contribution in [0.15, 0.2) is 60.7 Å². The molecule has 0 amide bonds. The van der Waals surface area contributed by atoms with Crippen molar-refractivity contribution in [1.82, 2.24) is 10.4 Å². The first kappa shape index (κ1) is 14.4. The molecule has 0 bridgehead atoms. The molecule has 3 rings (SSSR count). The zero-order valence-electron chi connectivity index (χ0n) is 11.5. The SMILES string of the molecule is NNC(Cc1ccc2ccccc2n1)c1ccccc1I. The van der Waals surface area contributed by atoms with Crippen molar-refractivity contribution in [1.29, 1.82) is 0 Å². The summed E-state index contributed by atoms with van der Waals surface area (Å²) in [4.78, 5) is 4.72. The second kappa shape index (κ2) is 6.51. The van der Waals surface area contributed by atoms with Crippen LogP contribution in [-0.4, -0.2) is 4.98 Å². The van der Waals surface area contributed by atoms with Gasteiger partial charge in [0.15, 0.2) is 0 Å². The van der Waals surface area contributed by atoms with Gasteiger partial charge in [0, 0.05) is 21.1 Å². The van der Waals surface area contributed by atoms with Crippen molar-refractivity contribution in [3.8, 4) is 0 Å². The van der Waals surface area contributed by atoms with E-state index in [1.165, 1.54) is 9.13 Å². The van der Waals surface area contributed by atoms with Gasteiger partial charge in [-0.15, -0.1) is 0 Å². The van der Waals surface area contributed by atoms with Crippen molar-refractivity contribution in [3.05, 3.63) is 75.5 Å². The summed E-state index contributed by atoms with van der Waals surface area (Å²) in [6, 6.07) is 20.7. The fraction of sp³-hybridized carbons (Fsp3) is 0.118. The Morgan fingerprint density at radius 2 is 1.76 bits per heavy atom. The van der Waals surface area contributed by atoms with E-state index in [4.69, 9.17) is 10.8 Å². The Morgan fingerprint density at radius 1 is 1.00 bits per heavy atom. The first-order chi connectivity index (χ1) is 10.3. The Labute approximate surface area is 137 Å². The monoisotopic (exact) mass is 389 g/mol. The normalized spacial score (nSPS) is 12.5. The molecule has 0 aliphatic carbocycles. The summed E-state index contributed by atoms with van der Waals surface area (Å²) in [5.41, 5.74) is 6.18. The zero-order valence-corrected chi connectivity index (χ0v) is 13.6. The largest absolute Gasteiger partial charge is 0.271 e. The van der Waals surface area contributed by atoms with Crippen LogP contribution in [0.2, 0.25) is 0 Å². The number of para-hydroxylation sites is 1. The fourth-order valence-electron chi connectivity index (χ4n) is 2.45. The number of hydrogen-bond acceptors (Lipinski definition) is 3. The highest BCUT2D eigenvalue weighted by Gasteiger charge is 2.14. The van der Waals surface area contributed by atoms with Gasteiger partial charge in [0.1, 0.15) is 0 Å². The third-order valence-electron chi connectivity index (χ3n) is 3.55. The summed E-state index contributed by atoms with van der Waals surface area (Å²) < 4.78 is 1.21. The van der Waals surface area contributed by atoms with Gasteiger partial charge in [-0.2, -0.15) is 0 Å². The minimum atomic E-state index is 0.0618. The number of halogens is 1. The summed E-state index contributed by atoms with van der Waals surface area (Å²) in [6.45, 7) is 0. The maximum absolute atomic E-state index is 5.75. The lowest BCUT2D eigenvalue weighted by atomic mass is 10.0. The van der Waals surface area contributed by atoms with Gasteiger partial charge in [0.05, 0.1) is 11.6 Å². The Morgan fingerprint density at radius 3 is 2.57 bits per heavy atom. The van der Waals surface area contributed by atoms with E-state index < -0.39 is 0 Å². The van der Waals surface area contributed by atoms with Gasteiger partial charge >= 0.3 is 0 Å². The smallest absolute Gasteiger partial charge is 0.0705 e. The Kier molecular flexibility index (Phi) is 4.48. The quantitative estimate of drug-likeness (QED) is 0.408. The summed E-state index contributed by atoms with van der Waals surface area (Å²) in [6.07, 6.45) is 0.765. The zero-order chi connectivity index (χ0) is 14.7. The first-order valence-electron chi connectivity index (χ1n) is 6.83. The molecule has 1 aromatic heterocycles. The van der Waals surface area contributed by atoms with Gasteiger partial charge in [-0.05, 0) is 46.4 Å². The van der Waals surface area contributed by atoms with E-state index in [2.05, 4.69) is 58.3 Å². The summed E-state index contributed by atoms with van der Waals surface area (Å²) in [5, 5.41) is 1.16. The molecule has 1 atom stereocenters. The summed E-state index contributed by atoms with van der Waals surface area (Å²) in [7, 11) is 0. The average molecular weight is 389 g/mol. The maximum atomic E-state index is 5.75. The standard InChI is InChI=1S/C17H16IN3/c18-15-7-3-2-6-14(15)17(21-19)11-13-10-9-12-5-1-4-8-16(12)20-13/h1-10,17,21H,11,19H2. The molecule has 0 radical (unpaired) electrons. The van der Waals surface area contributed by atoms with Gasteiger partial charge in [0.2, 0.25) is 0 Å². The van der Waals surface area contributed by atoms with Crippen molar-refractivity contribution < 1.29 is 0 Å². The van der Waals surface area contributed by atoms with Crippen LogP contribution < -0.4 is 11.3 Å². The average Bonchev–Trinajstić information content (AvgIpc) is 2.53.